The van der Waals surface area contributed by atoms with Crippen LogP contribution in [0.15, 0.2) is 36.5 Å². The number of pyridine rings is 1. The van der Waals surface area contributed by atoms with Crippen molar-refractivity contribution in [3.8, 4) is 23.0 Å². The van der Waals surface area contributed by atoms with E-state index in [1.165, 1.54) is 0 Å². The zero-order valence-corrected chi connectivity index (χ0v) is 21.3. The number of ether oxygens (including phenoxy) is 4. The number of urea groups is 1. The highest BCUT2D eigenvalue weighted by atomic mass is 16.5. The van der Waals surface area contributed by atoms with Crippen LogP contribution in [-0.2, 0) is 4.74 Å². The Hall–Kier alpha value is -3.56. The maximum Gasteiger partial charge on any atom is 0.319 e. The summed E-state index contributed by atoms with van der Waals surface area (Å²) >= 11 is 0. The lowest BCUT2D eigenvalue weighted by atomic mass is 10.1. The summed E-state index contributed by atoms with van der Waals surface area (Å²) in [6.07, 6.45) is 1.72. The maximum absolute atomic E-state index is 11.9. The van der Waals surface area contributed by atoms with Gasteiger partial charge in [0.2, 0.25) is 0 Å². The van der Waals surface area contributed by atoms with Crippen LogP contribution >= 0.6 is 0 Å². The molecule has 0 aliphatic carbocycles. The van der Waals surface area contributed by atoms with Crippen LogP contribution in [0.3, 0.4) is 0 Å². The Balaban J connectivity index is 1.53. The van der Waals surface area contributed by atoms with Crippen molar-refractivity contribution >= 4 is 22.6 Å². The smallest absolute Gasteiger partial charge is 0.319 e. The molecule has 4 rings (SSSR count). The van der Waals surface area contributed by atoms with Crippen molar-refractivity contribution in [3.63, 3.8) is 0 Å². The van der Waals surface area contributed by atoms with Gasteiger partial charge in [0.1, 0.15) is 18.1 Å². The molecule has 2 N–H and O–H groups in total. The van der Waals surface area contributed by atoms with E-state index in [4.69, 9.17) is 18.9 Å². The van der Waals surface area contributed by atoms with Crippen molar-refractivity contribution < 1.29 is 23.7 Å². The zero-order chi connectivity index (χ0) is 25.5. The first-order chi connectivity index (χ1) is 17.5. The van der Waals surface area contributed by atoms with Crippen LogP contribution in [-0.4, -0.2) is 69.0 Å². The highest BCUT2D eigenvalue weighted by molar-refractivity contribution is 5.91. The average molecular weight is 495 g/mol. The topological polar surface area (TPSA) is 94.2 Å². The molecule has 3 aromatic rings. The molecular weight excluding hydrogens is 460 g/mol. The lowest BCUT2D eigenvalue weighted by molar-refractivity contribution is 0.0321. The number of morpholine rings is 1. The summed E-state index contributed by atoms with van der Waals surface area (Å²) < 4.78 is 23.4. The van der Waals surface area contributed by atoms with Gasteiger partial charge in [0, 0.05) is 49.5 Å². The summed E-state index contributed by atoms with van der Waals surface area (Å²) in [6.45, 7) is 11.1. The quantitative estimate of drug-likeness (QED) is 0.452. The second-order valence-corrected chi connectivity index (χ2v) is 8.65. The molecule has 0 unspecified atom stereocenters. The fraction of sp³-hybridized carbons (Fsp3) is 0.407. The minimum atomic E-state index is -0.233. The van der Waals surface area contributed by atoms with Gasteiger partial charge in [-0.1, -0.05) is 0 Å². The molecule has 192 valence electrons. The molecule has 9 nitrogen and oxygen atoms in total. The van der Waals surface area contributed by atoms with Gasteiger partial charge in [0.25, 0.3) is 0 Å². The fourth-order valence-electron chi connectivity index (χ4n) is 4.08. The predicted octanol–water partition coefficient (Wildman–Crippen LogP) is 4.50. The van der Waals surface area contributed by atoms with E-state index in [0.717, 1.165) is 60.6 Å². The van der Waals surface area contributed by atoms with E-state index in [1.54, 1.807) is 13.3 Å². The van der Waals surface area contributed by atoms with Crippen LogP contribution in [0.2, 0.25) is 0 Å². The minimum absolute atomic E-state index is 0.233. The minimum Gasteiger partial charge on any atom is -0.493 e. The van der Waals surface area contributed by atoms with Crippen molar-refractivity contribution in [2.24, 2.45) is 0 Å². The number of aryl methyl sites for hydroxylation is 2. The van der Waals surface area contributed by atoms with Crippen molar-refractivity contribution in [1.82, 2.24) is 15.2 Å². The number of hydrogen-bond acceptors (Lipinski definition) is 7. The van der Waals surface area contributed by atoms with Gasteiger partial charge in [-0.15, -0.1) is 0 Å². The Labute approximate surface area is 211 Å². The summed E-state index contributed by atoms with van der Waals surface area (Å²) in [4.78, 5) is 18.8. The van der Waals surface area contributed by atoms with Crippen molar-refractivity contribution in [1.29, 1.82) is 0 Å². The number of aromatic nitrogens is 1. The Morgan fingerprint density at radius 1 is 1.06 bits per heavy atom. The lowest BCUT2D eigenvalue weighted by Gasteiger charge is -2.26. The zero-order valence-electron chi connectivity index (χ0n) is 21.3. The molecule has 0 saturated carbocycles. The van der Waals surface area contributed by atoms with Gasteiger partial charge in [-0.25, -0.2) is 4.79 Å². The van der Waals surface area contributed by atoms with E-state index in [2.05, 4.69) is 20.5 Å². The maximum atomic E-state index is 11.9. The fourth-order valence-corrected chi connectivity index (χ4v) is 4.08. The van der Waals surface area contributed by atoms with Crippen LogP contribution < -0.4 is 24.8 Å². The molecule has 1 saturated heterocycles. The van der Waals surface area contributed by atoms with Gasteiger partial charge < -0.3 is 29.6 Å². The SMILES string of the molecule is CCNC(=O)Nc1cc(C)c(Oc2ccnc3cc(OCCN4CCOCC4)c(OC)cc23)cc1C. The van der Waals surface area contributed by atoms with Crippen LogP contribution in [0, 0.1) is 13.8 Å². The van der Waals surface area contributed by atoms with E-state index in [1.807, 2.05) is 51.1 Å². The second-order valence-electron chi connectivity index (χ2n) is 8.65. The second kappa shape index (κ2) is 11.9. The van der Waals surface area contributed by atoms with Crippen LogP contribution in [0.4, 0.5) is 10.5 Å². The molecule has 1 aliphatic heterocycles. The van der Waals surface area contributed by atoms with E-state index in [-0.39, 0.29) is 6.03 Å². The van der Waals surface area contributed by atoms with Crippen molar-refractivity contribution in [3.05, 3.63) is 47.7 Å². The summed E-state index contributed by atoms with van der Waals surface area (Å²) in [6, 6.07) is 9.21. The number of benzene rings is 2. The van der Waals surface area contributed by atoms with E-state index in [9.17, 15) is 4.79 Å². The van der Waals surface area contributed by atoms with E-state index >= 15 is 0 Å². The summed E-state index contributed by atoms with van der Waals surface area (Å²) in [5.74, 6) is 2.63. The molecule has 0 bridgehead atoms. The molecule has 0 spiro atoms. The number of anilines is 1. The molecule has 1 fully saturated rings. The molecule has 1 aliphatic rings. The monoisotopic (exact) mass is 494 g/mol. The Morgan fingerprint density at radius 2 is 1.86 bits per heavy atom. The number of methoxy groups -OCH3 is 1. The molecule has 2 heterocycles. The average Bonchev–Trinajstić information content (AvgIpc) is 2.87. The lowest BCUT2D eigenvalue weighted by Crippen LogP contribution is -2.38. The number of nitrogens with one attached hydrogen (secondary N) is 2. The Bertz CT molecular complexity index is 1210. The predicted molar refractivity (Wildman–Crippen MR) is 140 cm³/mol. The molecular formula is C27H34N4O5. The van der Waals surface area contributed by atoms with Crippen LogP contribution in [0.25, 0.3) is 10.9 Å². The number of hydrogen-bond donors (Lipinski definition) is 2. The first-order valence-electron chi connectivity index (χ1n) is 12.2. The summed E-state index contributed by atoms with van der Waals surface area (Å²) in [7, 11) is 1.63. The number of fused-ring (bicyclic) bond motifs is 1. The largest absolute Gasteiger partial charge is 0.493 e. The first-order valence-corrected chi connectivity index (χ1v) is 12.2. The molecule has 0 atom stereocenters. The third-order valence-electron chi connectivity index (χ3n) is 6.08. The molecule has 0 radical (unpaired) electrons. The van der Waals surface area contributed by atoms with Gasteiger partial charge >= 0.3 is 6.03 Å². The molecule has 36 heavy (non-hydrogen) atoms. The first kappa shape index (κ1) is 25.5. The van der Waals surface area contributed by atoms with Gasteiger partial charge in [-0.2, -0.15) is 0 Å². The molecule has 9 heteroatoms. The van der Waals surface area contributed by atoms with Gasteiger partial charge in [0.05, 0.1) is 25.8 Å². The van der Waals surface area contributed by atoms with Gasteiger partial charge in [0.15, 0.2) is 11.5 Å². The van der Waals surface area contributed by atoms with Gasteiger partial charge in [-0.05, 0) is 56.2 Å². The molecule has 2 amide bonds. The number of carbonyl (C=O) groups is 1. The van der Waals surface area contributed by atoms with Crippen LogP contribution in [0.1, 0.15) is 18.1 Å². The third-order valence-corrected chi connectivity index (χ3v) is 6.08. The normalized spacial score (nSPS) is 13.9. The van der Waals surface area contributed by atoms with E-state index in [0.29, 0.717) is 36.1 Å². The highest BCUT2D eigenvalue weighted by Crippen LogP contribution is 2.38. The summed E-state index contributed by atoms with van der Waals surface area (Å²) in [5.41, 5.74) is 3.28. The number of rotatable bonds is 9. The third kappa shape index (κ3) is 6.16. The number of nitrogens with zero attached hydrogens (tertiary/aromatic N) is 2. The standard InChI is InChI=1S/C27H34N4O5/c1-5-28-27(32)30-21-14-19(3)24(15-18(21)2)36-23-6-7-29-22-17-26(25(33-4)16-20(22)23)35-13-10-31-8-11-34-12-9-31/h6-7,14-17H,5,8-13H2,1-4H3,(H2,28,30,32). The van der Waals surface area contributed by atoms with E-state index < -0.39 is 0 Å². The van der Waals surface area contributed by atoms with Crippen LogP contribution in [0.5, 0.6) is 23.0 Å². The van der Waals surface area contributed by atoms with Crippen molar-refractivity contribution in [2.45, 2.75) is 20.8 Å². The Morgan fingerprint density at radius 3 is 2.61 bits per heavy atom. The number of carbonyl (C=O) groups excluding carboxylic acids is 1. The highest BCUT2D eigenvalue weighted by Gasteiger charge is 2.15. The molecule has 1 aromatic heterocycles. The molecule has 2 aromatic carbocycles. The van der Waals surface area contributed by atoms with Crippen molar-refractivity contribution in [2.75, 3.05) is 58.4 Å². The Kier molecular flexibility index (Phi) is 8.45. The summed E-state index contributed by atoms with van der Waals surface area (Å²) in [5, 5.41) is 6.43. The number of amides is 2. The van der Waals surface area contributed by atoms with Gasteiger partial charge in [-0.3, -0.25) is 9.88 Å².